The Morgan fingerprint density at radius 3 is 2.56 bits per heavy atom. The van der Waals surface area contributed by atoms with Crippen LogP contribution in [0.4, 0.5) is 11.6 Å². The molecule has 0 aromatic carbocycles. The third-order valence-electron chi connectivity index (χ3n) is 2.26. The Bertz CT molecular complexity index is 353. The van der Waals surface area contributed by atoms with Crippen molar-refractivity contribution in [3.05, 3.63) is 10.8 Å². The molecule has 0 amide bonds. The van der Waals surface area contributed by atoms with E-state index in [2.05, 4.69) is 57.4 Å². The second-order valence-electron chi connectivity index (χ2n) is 4.29. The van der Waals surface area contributed by atoms with Gasteiger partial charge < -0.3 is 10.7 Å². The molecule has 1 aromatic heterocycles. The Morgan fingerprint density at radius 1 is 1.38 bits per heavy atom. The molecule has 16 heavy (non-hydrogen) atoms. The number of rotatable bonds is 5. The minimum absolute atomic E-state index is 0.00249. The minimum atomic E-state index is -0.00249. The van der Waals surface area contributed by atoms with Crippen LogP contribution in [-0.4, -0.2) is 15.5 Å². The van der Waals surface area contributed by atoms with Gasteiger partial charge in [0.15, 0.2) is 5.82 Å². The molecule has 1 rings (SSSR count). The molecule has 90 valence electrons. The van der Waals surface area contributed by atoms with Gasteiger partial charge in [0.05, 0.1) is 0 Å². The van der Waals surface area contributed by atoms with E-state index in [0.29, 0.717) is 5.82 Å². The summed E-state index contributed by atoms with van der Waals surface area (Å²) in [6.07, 6.45) is 3.66. The second-order valence-corrected chi connectivity index (χ2v) is 5.08. The fourth-order valence-electron chi connectivity index (χ4n) is 1.57. The molecule has 6 heteroatoms. The van der Waals surface area contributed by atoms with Crippen molar-refractivity contribution in [3.8, 4) is 0 Å². The first-order chi connectivity index (χ1) is 7.50. The normalized spacial score (nSPS) is 11.3. The fourth-order valence-corrected chi connectivity index (χ4v) is 1.98. The van der Waals surface area contributed by atoms with E-state index in [4.69, 9.17) is 5.84 Å². The summed E-state index contributed by atoms with van der Waals surface area (Å²) >= 11 is 3.42. The zero-order chi connectivity index (χ0) is 12.2. The van der Waals surface area contributed by atoms with Crippen LogP contribution >= 0.6 is 15.9 Å². The van der Waals surface area contributed by atoms with Crippen LogP contribution in [0.5, 0.6) is 0 Å². The van der Waals surface area contributed by atoms with Gasteiger partial charge in [-0.05, 0) is 36.2 Å². The van der Waals surface area contributed by atoms with Crippen molar-refractivity contribution in [1.29, 1.82) is 0 Å². The molecule has 0 atom stereocenters. The Balaban J connectivity index is 2.89. The summed E-state index contributed by atoms with van der Waals surface area (Å²) in [6.45, 7) is 6.44. The van der Waals surface area contributed by atoms with Gasteiger partial charge in [0, 0.05) is 5.54 Å². The average molecular weight is 288 g/mol. The van der Waals surface area contributed by atoms with E-state index >= 15 is 0 Å². The molecular weight excluding hydrogens is 270 g/mol. The van der Waals surface area contributed by atoms with Crippen LogP contribution in [0, 0.1) is 0 Å². The third kappa shape index (κ3) is 3.31. The van der Waals surface area contributed by atoms with Crippen molar-refractivity contribution >= 4 is 27.6 Å². The van der Waals surface area contributed by atoms with E-state index in [-0.39, 0.29) is 5.54 Å². The Labute approximate surface area is 104 Å². The van der Waals surface area contributed by atoms with E-state index < -0.39 is 0 Å². The van der Waals surface area contributed by atoms with Crippen molar-refractivity contribution in [3.63, 3.8) is 0 Å². The molecular formula is C10H18BrN5. The lowest BCUT2D eigenvalue weighted by molar-refractivity contribution is 0.508. The zero-order valence-electron chi connectivity index (χ0n) is 9.84. The molecule has 0 aliphatic heterocycles. The van der Waals surface area contributed by atoms with Gasteiger partial charge in [-0.3, -0.25) is 0 Å². The first-order valence-electron chi connectivity index (χ1n) is 5.25. The van der Waals surface area contributed by atoms with Gasteiger partial charge in [0.2, 0.25) is 0 Å². The first kappa shape index (κ1) is 13.2. The molecule has 0 aliphatic rings. The van der Waals surface area contributed by atoms with Crippen LogP contribution in [-0.2, 0) is 0 Å². The topological polar surface area (TPSA) is 75.9 Å². The Kier molecular flexibility index (Phi) is 4.49. The summed E-state index contributed by atoms with van der Waals surface area (Å²) in [4.78, 5) is 8.19. The fraction of sp³-hybridized carbons (Fsp3) is 0.600. The highest BCUT2D eigenvalue weighted by molar-refractivity contribution is 9.10. The molecule has 5 nitrogen and oxygen atoms in total. The highest BCUT2D eigenvalue weighted by atomic mass is 79.9. The van der Waals surface area contributed by atoms with Crippen molar-refractivity contribution < 1.29 is 0 Å². The molecule has 0 spiro atoms. The zero-order valence-corrected chi connectivity index (χ0v) is 11.4. The van der Waals surface area contributed by atoms with Crippen LogP contribution < -0.4 is 16.6 Å². The lowest BCUT2D eigenvalue weighted by Gasteiger charge is -2.27. The largest absolute Gasteiger partial charge is 0.364 e. The highest BCUT2D eigenvalue weighted by Crippen LogP contribution is 2.28. The van der Waals surface area contributed by atoms with Gasteiger partial charge in [-0.1, -0.05) is 13.3 Å². The first-order valence-corrected chi connectivity index (χ1v) is 6.04. The van der Waals surface area contributed by atoms with Gasteiger partial charge in [0.1, 0.15) is 16.6 Å². The Hall–Kier alpha value is -0.880. The molecule has 0 radical (unpaired) electrons. The summed E-state index contributed by atoms with van der Waals surface area (Å²) in [7, 11) is 0. The van der Waals surface area contributed by atoms with Crippen molar-refractivity contribution in [1.82, 2.24) is 9.97 Å². The number of anilines is 2. The number of halogens is 1. The Morgan fingerprint density at radius 2 is 2.00 bits per heavy atom. The molecule has 1 aromatic rings. The molecule has 0 saturated carbocycles. The molecule has 0 bridgehead atoms. The maximum atomic E-state index is 5.34. The number of nitrogen functional groups attached to an aromatic ring is 1. The van der Waals surface area contributed by atoms with E-state index in [1.54, 1.807) is 0 Å². The molecule has 0 saturated heterocycles. The molecule has 0 unspecified atom stereocenters. The summed E-state index contributed by atoms with van der Waals surface area (Å²) in [6, 6.07) is 0. The van der Waals surface area contributed by atoms with Gasteiger partial charge in [-0.15, -0.1) is 0 Å². The van der Waals surface area contributed by atoms with Crippen LogP contribution in [0.25, 0.3) is 0 Å². The maximum Gasteiger partial charge on any atom is 0.159 e. The van der Waals surface area contributed by atoms with Crippen molar-refractivity contribution in [2.24, 2.45) is 5.84 Å². The summed E-state index contributed by atoms with van der Waals surface area (Å²) in [5, 5.41) is 3.37. The smallest absolute Gasteiger partial charge is 0.159 e. The van der Waals surface area contributed by atoms with Crippen LogP contribution in [0.15, 0.2) is 10.8 Å². The van der Waals surface area contributed by atoms with E-state index in [9.17, 15) is 0 Å². The predicted molar refractivity (Wildman–Crippen MR) is 70.2 cm³/mol. The number of hydrazine groups is 1. The summed E-state index contributed by atoms with van der Waals surface area (Å²) < 4.78 is 0.752. The maximum absolute atomic E-state index is 5.34. The van der Waals surface area contributed by atoms with Crippen LogP contribution in [0.2, 0.25) is 0 Å². The number of hydrogen-bond acceptors (Lipinski definition) is 5. The van der Waals surface area contributed by atoms with Gasteiger partial charge in [-0.2, -0.15) is 0 Å². The lowest BCUT2D eigenvalue weighted by atomic mass is 9.99. The molecule has 4 N–H and O–H groups in total. The van der Waals surface area contributed by atoms with Crippen LogP contribution in [0.1, 0.15) is 33.6 Å². The van der Waals surface area contributed by atoms with E-state index in [1.807, 2.05) is 0 Å². The number of aromatic nitrogens is 2. The molecule has 0 aliphatic carbocycles. The average Bonchev–Trinajstić information content (AvgIpc) is 2.21. The van der Waals surface area contributed by atoms with E-state index in [1.165, 1.54) is 6.33 Å². The highest BCUT2D eigenvalue weighted by Gasteiger charge is 2.19. The minimum Gasteiger partial charge on any atom is -0.364 e. The standard InChI is InChI=1S/C10H18BrN5/c1-4-5-10(2,3)15-8-7(11)9(16-12)14-6-13-8/h6H,4-5,12H2,1-3H3,(H2,13,14,15,16). The number of nitrogens with zero attached hydrogens (tertiary/aromatic N) is 2. The SMILES string of the molecule is CCCC(C)(C)Nc1ncnc(NN)c1Br. The molecule has 1 heterocycles. The number of nitrogens with two attached hydrogens (primary N) is 1. The summed E-state index contributed by atoms with van der Waals surface area (Å²) in [5.74, 6) is 6.67. The van der Waals surface area contributed by atoms with Crippen LogP contribution in [0.3, 0.4) is 0 Å². The predicted octanol–water partition coefficient (Wildman–Crippen LogP) is 2.52. The monoisotopic (exact) mass is 287 g/mol. The van der Waals surface area contributed by atoms with Crippen molar-refractivity contribution in [2.75, 3.05) is 10.7 Å². The summed E-state index contributed by atoms with van der Waals surface area (Å²) in [5.41, 5.74) is 2.51. The van der Waals surface area contributed by atoms with Gasteiger partial charge in [-0.25, -0.2) is 15.8 Å². The number of hydrogen-bond donors (Lipinski definition) is 3. The number of nitrogens with one attached hydrogen (secondary N) is 2. The quantitative estimate of drug-likeness (QED) is 0.573. The van der Waals surface area contributed by atoms with Gasteiger partial charge >= 0.3 is 0 Å². The van der Waals surface area contributed by atoms with E-state index in [0.717, 1.165) is 23.1 Å². The lowest BCUT2D eigenvalue weighted by Crippen LogP contribution is -2.31. The molecule has 0 fully saturated rings. The third-order valence-corrected chi connectivity index (χ3v) is 3.01. The van der Waals surface area contributed by atoms with Gasteiger partial charge in [0.25, 0.3) is 0 Å². The second kappa shape index (κ2) is 5.45. The van der Waals surface area contributed by atoms with Crippen molar-refractivity contribution in [2.45, 2.75) is 39.2 Å².